The van der Waals surface area contributed by atoms with E-state index in [0.717, 1.165) is 0 Å². The van der Waals surface area contributed by atoms with Gasteiger partial charge in [0.05, 0.1) is 0 Å². The van der Waals surface area contributed by atoms with Crippen molar-refractivity contribution in [2.45, 2.75) is 6.92 Å². The zero-order valence-corrected chi connectivity index (χ0v) is 6.05. The van der Waals surface area contributed by atoms with E-state index in [0.29, 0.717) is 0 Å². The van der Waals surface area contributed by atoms with Gasteiger partial charge in [-0.25, -0.2) is 4.98 Å². The average Bonchev–Trinajstić information content (AvgIpc) is 2.06. The van der Waals surface area contributed by atoms with Crippen molar-refractivity contribution in [2.75, 3.05) is 6.54 Å². The van der Waals surface area contributed by atoms with E-state index in [2.05, 4.69) is 15.0 Å². The van der Waals surface area contributed by atoms with E-state index in [9.17, 15) is 0 Å². The first kappa shape index (κ1) is 7.99. The molecule has 0 aromatic carbocycles. The van der Waals surface area contributed by atoms with Crippen LogP contribution >= 0.6 is 0 Å². The van der Waals surface area contributed by atoms with E-state index in [4.69, 9.17) is 10.4 Å². The van der Waals surface area contributed by atoms with E-state index in [-0.39, 0.29) is 12.5 Å². The van der Waals surface area contributed by atoms with Crippen LogP contribution in [0, 0.1) is 0 Å². The molecule has 0 aliphatic carbocycles. The molecule has 1 rings (SSSR count). The molecule has 0 aliphatic rings. The molecule has 0 atom stereocenters. The Morgan fingerprint density at radius 3 is 2.36 bits per heavy atom. The largest absolute Gasteiger partial charge is 0.399 e. The van der Waals surface area contributed by atoms with Gasteiger partial charge < -0.3 is 0 Å². The first-order valence-electron chi connectivity index (χ1n) is 3.13. The zero-order chi connectivity index (χ0) is 8.32. The van der Waals surface area contributed by atoms with Gasteiger partial charge in [0.25, 0.3) is 0 Å². The highest BCUT2D eigenvalue weighted by Crippen LogP contribution is 2.07. The Morgan fingerprint density at radius 2 is 1.91 bits per heavy atom. The van der Waals surface area contributed by atoms with Crippen molar-refractivity contribution in [2.24, 2.45) is 0 Å². The van der Waals surface area contributed by atoms with Crippen molar-refractivity contribution < 1.29 is 10.4 Å². The number of hydrogen-bond donors (Lipinski definition) is 2. The molecule has 0 unspecified atom stereocenters. The maximum atomic E-state index is 9.13. The lowest BCUT2D eigenvalue weighted by Crippen LogP contribution is -2.43. The van der Waals surface area contributed by atoms with Crippen molar-refractivity contribution in [1.29, 1.82) is 0 Å². The fourth-order valence-electron chi connectivity index (χ4n) is 0.559. The van der Waals surface area contributed by atoms with Crippen LogP contribution in [0.25, 0.3) is 0 Å². The van der Waals surface area contributed by atoms with Gasteiger partial charge in [-0.2, -0.15) is 20.4 Å². The Labute approximate surface area is 63.3 Å². The van der Waals surface area contributed by atoms with Gasteiger partial charge in [-0.3, -0.25) is 0 Å². The highest BCUT2D eigenvalue weighted by molar-refractivity contribution is 5.12. The van der Waals surface area contributed by atoms with E-state index in [1.807, 2.05) is 0 Å². The molecule has 60 valence electrons. The third-order valence-electron chi connectivity index (χ3n) is 1.24. The van der Waals surface area contributed by atoms with Crippen LogP contribution in [0.4, 0.5) is 5.95 Å². The lowest BCUT2D eigenvalue weighted by Gasteiger charge is -2.14. The van der Waals surface area contributed by atoms with Crippen LogP contribution in [0.3, 0.4) is 0 Å². The van der Waals surface area contributed by atoms with E-state index < -0.39 is 4.81 Å². The smallest absolute Gasteiger partial charge is 0.224 e. The summed E-state index contributed by atoms with van der Waals surface area (Å²) >= 11 is 0. The molecule has 0 aliphatic heterocycles. The maximum Gasteiger partial charge on any atom is 0.399 e. The molecular weight excluding hydrogens is 148 g/mol. The highest BCUT2D eigenvalue weighted by Gasteiger charge is 2.27. The summed E-state index contributed by atoms with van der Waals surface area (Å²) in [6, 6.07) is 0. The Hall–Kier alpha value is -1.11. The Balaban J connectivity index is 2.93. The minimum atomic E-state index is -1.30. The van der Waals surface area contributed by atoms with Gasteiger partial charge in [-0.05, 0) is 6.92 Å². The Morgan fingerprint density at radius 1 is 1.36 bits per heavy atom. The zero-order valence-electron chi connectivity index (χ0n) is 6.05. The average molecular weight is 157 g/mol. The normalized spacial score (nSPS) is 11.5. The molecule has 1 heterocycles. The molecule has 6 heteroatoms. The summed E-state index contributed by atoms with van der Waals surface area (Å²) in [7, 11) is 0. The summed E-state index contributed by atoms with van der Waals surface area (Å²) in [6.07, 6.45) is 2.41. The molecule has 0 amide bonds. The lowest BCUT2D eigenvalue weighted by atomic mass is 10.7. The van der Waals surface area contributed by atoms with E-state index in [1.165, 1.54) is 12.7 Å². The molecule has 2 N–H and O–H groups in total. The minimum absolute atomic E-state index is 0.0810. The summed E-state index contributed by atoms with van der Waals surface area (Å²) in [5.74, 6) is -0.0810. The fourth-order valence-corrected chi connectivity index (χ4v) is 0.559. The maximum absolute atomic E-state index is 9.13. The number of hydroxylamine groups is 2. The SMILES string of the molecule is CC[N+](O)(O)c1ncncn1. The van der Waals surface area contributed by atoms with Gasteiger partial charge in [0, 0.05) is 4.81 Å². The summed E-state index contributed by atoms with van der Waals surface area (Å²) in [6.45, 7) is 1.69. The first-order chi connectivity index (χ1) is 5.17. The number of hydrogen-bond acceptors (Lipinski definition) is 5. The van der Waals surface area contributed by atoms with E-state index in [1.54, 1.807) is 6.92 Å². The quantitative estimate of drug-likeness (QED) is 0.465. The third-order valence-corrected chi connectivity index (χ3v) is 1.24. The summed E-state index contributed by atoms with van der Waals surface area (Å²) in [5, 5.41) is 18.3. The summed E-state index contributed by atoms with van der Waals surface area (Å²) < 4.78 is 0. The van der Waals surface area contributed by atoms with Crippen molar-refractivity contribution >= 4 is 5.95 Å². The van der Waals surface area contributed by atoms with Gasteiger partial charge in [-0.1, -0.05) is 0 Å². The molecule has 1 aromatic heterocycles. The van der Waals surface area contributed by atoms with Crippen LogP contribution in [0.15, 0.2) is 12.7 Å². The number of rotatable bonds is 2. The van der Waals surface area contributed by atoms with Gasteiger partial charge in [0.15, 0.2) is 0 Å². The van der Waals surface area contributed by atoms with Crippen LogP contribution in [0.2, 0.25) is 0 Å². The van der Waals surface area contributed by atoms with Crippen LogP contribution in [0.1, 0.15) is 6.92 Å². The summed E-state index contributed by atoms with van der Waals surface area (Å²) in [4.78, 5) is 9.38. The Bertz CT molecular complexity index is 225. The first-order valence-corrected chi connectivity index (χ1v) is 3.13. The molecule has 0 spiro atoms. The van der Waals surface area contributed by atoms with Crippen molar-refractivity contribution in [3.63, 3.8) is 0 Å². The second-order valence-electron chi connectivity index (χ2n) is 1.98. The molecule has 0 saturated heterocycles. The van der Waals surface area contributed by atoms with E-state index >= 15 is 0 Å². The predicted octanol–water partition coefficient (Wildman–Crippen LogP) is -0.0228. The summed E-state index contributed by atoms with van der Waals surface area (Å²) in [5.41, 5.74) is 0. The molecule has 0 fully saturated rings. The molecule has 6 nitrogen and oxygen atoms in total. The molecule has 1 aromatic rings. The lowest BCUT2D eigenvalue weighted by molar-refractivity contribution is -0.292. The van der Waals surface area contributed by atoms with Crippen LogP contribution < -0.4 is 4.81 Å². The molecule has 0 saturated carbocycles. The third kappa shape index (κ3) is 1.67. The van der Waals surface area contributed by atoms with Gasteiger partial charge in [-0.15, -0.1) is 0 Å². The number of nitrogens with zero attached hydrogens (tertiary/aromatic N) is 4. The topological polar surface area (TPSA) is 79.1 Å². The molecule has 11 heavy (non-hydrogen) atoms. The van der Waals surface area contributed by atoms with Gasteiger partial charge in [0.2, 0.25) is 0 Å². The molecular formula is C5H9N4O2+. The van der Waals surface area contributed by atoms with Gasteiger partial charge >= 0.3 is 5.95 Å². The van der Waals surface area contributed by atoms with Crippen molar-refractivity contribution in [3.05, 3.63) is 12.7 Å². The Kier molecular flexibility index (Phi) is 2.08. The standard InChI is InChI=1S/C5H9N4O2/c1-2-9(10,11)5-7-3-6-4-8-5/h3-4,10-11H,2H2,1H3/q+1. The second kappa shape index (κ2) is 2.87. The van der Waals surface area contributed by atoms with Crippen molar-refractivity contribution in [3.8, 4) is 0 Å². The van der Waals surface area contributed by atoms with Crippen LogP contribution in [0.5, 0.6) is 0 Å². The predicted molar refractivity (Wildman–Crippen MR) is 35.7 cm³/mol. The van der Waals surface area contributed by atoms with Gasteiger partial charge in [0.1, 0.15) is 19.2 Å². The molecule has 0 radical (unpaired) electrons. The minimum Gasteiger partial charge on any atom is -0.224 e. The number of aromatic nitrogens is 3. The fraction of sp³-hybridized carbons (Fsp3) is 0.400. The monoisotopic (exact) mass is 157 g/mol. The van der Waals surface area contributed by atoms with Crippen LogP contribution in [-0.4, -0.2) is 31.9 Å². The highest BCUT2D eigenvalue weighted by atomic mass is 16.8. The molecule has 0 bridgehead atoms. The second-order valence-corrected chi connectivity index (χ2v) is 1.98. The van der Waals surface area contributed by atoms with Crippen molar-refractivity contribution in [1.82, 2.24) is 19.8 Å². The number of quaternary nitrogens is 1. The van der Waals surface area contributed by atoms with Crippen LogP contribution in [-0.2, 0) is 0 Å².